The highest BCUT2D eigenvalue weighted by atomic mass is 15.2. The van der Waals surface area contributed by atoms with Crippen molar-refractivity contribution in [3.63, 3.8) is 0 Å². The van der Waals surface area contributed by atoms with Gasteiger partial charge in [-0.15, -0.1) is 0 Å². The first-order valence-electron chi connectivity index (χ1n) is 3.28. The fourth-order valence-electron chi connectivity index (χ4n) is 0.988. The van der Waals surface area contributed by atoms with Gasteiger partial charge in [-0.05, 0) is 4.99 Å². The molecule has 0 aromatic rings. The van der Waals surface area contributed by atoms with Gasteiger partial charge in [0.25, 0.3) is 12.2 Å². The second-order valence-corrected chi connectivity index (χ2v) is 2.44. The fourth-order valence-corrected chi connectivity index (χ4v) is 0.988. The molecule has 0 amide bonds. The highest BCUT2D eigenvalue weighted by Gasteiger charge is 2.30. The highest BCUT2D eigenvalue weighted by Crippen LogP contribution is 2.01. The van der Waals surface area contributed by atoms with Crippen molar-refractivity contribution >= 4 is 24.2 Å². The Kier molecular flexibility index (Phi) is 1.19. The molecule has 11 heavy (non-hydrogen) atoms. The molecule has 0 aromatic carbocycles. The van der Waals surface area contributed by atoms with Gasteiger partial charge in [0.2, 0.25) is 0 Å². The van der Waals surface area contributed by atoms with Gasteiger partial charge >= 0.3 is 0 Å². The van der Waals surface area contributed by atoms with Gasteiger partial charge in [-0.3, -0.25) is 5.73 Å². The van der Waals surface area contributed by atoms with Crippen LogP contribution < -0.4 is 5.73 Å². The molecule has 2 heterocycles. The van der Waals surface area contributed by atoms with E-state index < -0.39 is 0 Å². The molecule has 0 spiro atoms. The standard InChI is InChI=1S/C6H8N5/c1-11-3-10-6-4(5(11)7)8-2-9-6/h2-3,5H,7H2,1H3/q+1. The first kappa shape index (κ1) is 6.36. The number of aliphatic imine (C=N–C) groups is 3. The molecular formula is C6H8N5+. The van der Waals surface area contributed by atoms with Crippen LogP contribution in [0.3, 0.4) is 0 Å². The van der Waals surface area contributed by atoms with Crippen molar-refractivity contribution in [2.45, 2.75) is 6.17 Å². The highest BCUT2D eigenvalue weighted by molar-refractivity contribution is 6.48. The Balaban J connectivity index is 2.46. The molecule has 2 rings (SSSR count). The first-order chi connectivity index (χ1) is 5.29. The lowest BCUT2D eigenvalue weighted by Crippen LogP contribution is -2.45. The lowest BCUT2D eigenvalue weighted by atomic mass is 10.2. The minimum atomic E-state index is -0.204. The summed E-state index contributed by atoms with van der Waals surface area (Å²) < 4.78 is 1.79. The van der Waals surface area contributed by atoms with E-state index in [9.17, 15) is 0 Å². The first-order valence-corrected chi connectivity index (χ1v) is 3.28. The maximum absolute atomic E-state index is 5.77. The number of amidine groups is 1. The Bertz CT molecular complexity index is 309. The van der Waals surface area contributed by atoms with Gasteiger partial charge in [-0.2, -0.15) is 4.99 Å². The van der Waals surface area contributed by atoms with Gasteiger partial charge in [0.15, 0.2) is 11.9 Å². The van der Waals surface area contributed by atoms with Crippen LogP contribution in [-0.4, -0.2) is 42.0 Å². The summed E-state index contributed by atoms with van der Waals surface area (Å²) in [6, 6.07) is 0. The smallest absolute Gasteiger partial charge is 0.287 e. The second kappa shape index (κ2) is 2.06. The molecule has 0 aliphatic carbocycles. The summed E-state index contributed by atoms with van der Waals surface area (Å²) in [5.74, 6) is 0.635. The van der Waals surface area contributed by atoms with Crippen LogP contribution in [0.15, 0.2) is 15.0 Å². The molecule has 0 saturated heterocycles. The molecule has 5 heteroatoms. The van der Waals surface area contributed by atoms with E-state index in [1.807, 2.05) is 7.05 Å². The number of nitrogens with zero attached hydrogens (tertiary/aromatic N) is 4. The van der Waals surface area contributed by atoms with Crippen LogP contribution in [0.2, 0.25) is 0 Å². The van der Waals surface area contributed by atoms with Gasteiger partial charge in [0.1, 0.15) is 6.34 Å². The lowest BCUT2D eigenvalue weighted by molar-refractivity contribution is -0.514. The van der Waals surface area contributed by atoms with Gasteiger partial charge in [0, 0.05) is 0 Å². The SMILES string of the molecule is C[N+]1=CN=C2N=CN=C2C1N. The largest absolute Gasteiger partial charge is 0.295 e. The van der Waals surface area contributed by atoms with Crippen LogP contribution >= 0.6 is 0 Å². The Morgan fingerprint density at radius 2 is 2.36 bits per heavy atom. The van der Waals surface area contributed by atoms with Crippen molar-refractivity contribution in [2.75, 3.05) is 7.05 Å². The Morgan fingerprint density at radius 3 is 3.18 bits per heavy atom. The summed E-state index contributed by atoms with van der Waals surface area (Å²) in [6.45, 7) is 0. The molecule has 5 nitrogen and oxygen atoms in total. The molecule has 2 aliphatic rings. The summed E-state index contributed by atoms with van der Waals surface area (Å²) in [5, 5.41) is 0. The van der Waals surface area contributed by atoms with Crippen LogP contribution in [0.5, 0.6) is 0 Å². The molecule has 0 radical (unpaired) electrons. The third-order valence-corrected chi connectivity index (χ3v) is 1.69. The third kappa shape index (κ3) is 0.813. The molecule has 0 fully saturated rings. The molecule has 1 unspecified atom stereocenters. The average molecular weight is 150 g/mol. The molecule has 0 saturated carbocycles. The molecule has 56 valence electrons. The minimum absolute atomic E-state index is 0.204. The van der Waals surface area contributed by atoms with E-state index in [0.717, 1.165) is 5.71 Å². The Morgan fingerprint density at radius 1 is 1.55 bits per heavy atom. The van der Waals surface area contributed by atoms with Crippen LogP contribution in [0.1, 0.15) is 0 Å². The van der Waals surface area contributed by atoms with E-state index in [1.165, 1.54) is 6.34 Å². The number of hydrogen-bond donors (Lipinski definition) is 1. The Hall–Kier alpha value is -1.36. The van der Waals surface area contributed by atoms with Crippen molar-refractivity contribution in [1.82, 2.24) is 0 Å². The molecule has 0 aromatic heterocycles. The average Bonchev–Trinajstić information content (AvgIpc) is 2.45. The summed E-state index contributed by atoms with van der Waals surface area (Å²) >= 11 is 0. The maximum Gasteiger partial charge on any atom is 0.295 e. The summed E-state index contributed by atoms with van der Waals surface area (Å²) in [7, 11) is 1.85. The predicted molar refractivity (Wildman–Crippen MR) is 43.6 cm³/mol. The topological polar surface area (TPSA) is 66.1 Å². The quantitative estimate of drug-likeness (QED) is 0.435. The number of fused-ring (bicyclic) bond motifs is 1. The number of nitrogens with two attached hydrogens (primary N) is 1. The van der Waals surface area contributed by atoms with E-state index >= 15 is 0 Å². The van der Waals surface area contributed by atoms with E-state index in [4.69, 9.17) is 5.73 Å². The van der Waals surface area contributed by atoms with Gasteiger partial charge < -0.3 is 0 Å². The lowest BCUT2D eigenvalue weighted by Gasteiger charge is -2.10. The molecule has 0 bridgehead atoms. The van der Waals surface area contributed by atoms with Crippen LogP contribution in [-0.2, 0) is 0 Å². The van der Waals surface area contributed by atoms with Crippen molar-refractivity contribution in [3.8, 4) is 0 Å². The van der Waals surface area contributed by atoms with E-state index in [0.29, 0.717) is 5.84 Å². The number of rotatable bonds is 0. The van der Waals surface area contributed by atoms with Crippen molar-refractivity contribution in [3.05, 3.63) is 0 Å². The van der Waals surface area contributed by atoms with Crippen molar-refractivity contribution in [1.29, 1.82) is 0 Å². The predicted octanol–water partition coefficient (Wildman–Crippen LogP) is -1.16. The zero-order chi connectivity index (χ0) is 7.84. The monoisotopic (exact) mass is 150 g/mol. The summed E-state index contributed by atoms with van der Waals surface area (Å²) in [5.41, 5.74) is 6.51. The van der Waals surface area contributed by atoms with E-state index in [2.05, 4.69) is 15.0 Å². The van der Waals surface area contributed by atoms with Crippen LogP contribution in [0.4, 0.5) is 0 Å². The van der Waals surface area contributed by atoms with Gasteiger partial charge in [-0.1, -0.05) is 0 Å². The van der Waals surface area contributed by atoms with Crippen molar-refractivity contribution in [2.24, 2.45) is 20.7 Å². The molecule has 2 N–H and O–H groups in total. The maximum atomic E-state index is 5.77. The molecule has 1 atom stereocenters. The van der Waals surface area contributed by atoms with Gasteiger partial charge in [0.05, 0.1) is 7.05 Å². The van der Waals surface area contributed by atoms with E-state index in [-0.39, 0.29) is 6.17 Å². The minimum Gasteiger partial charge on any atom is -0.287 e. The van der Waals surface area contributed by atoms with Crippen molar-refractivity contribution < 1.29 is 4.58 Å². The zero-order valence-corrected chi connectivity index (χ0v) is 6.10. The van der Waals surface area contributed by atoms with Gasteiger partial charge in [-0.25, -0.2) is 9.57 Å². The summed E-state index contributed by atoms with van der Waals surface area (Å²) in [6.07, 6.45) is 2.92. The Labute approximate surface area is 63.7 Å². The van der Waals surface area contributed by atoms with Crippen LogP contribution in [0, 0.1) is 0 Å². The summed E-state index contributed by atoms with van der Waals surface area (Å²) in [4.78, 5) is 12.0. The third-order valence-electron chi connectivity index (χ3n) is 1.69. The second-order valence-electron chi connectivity index (χ2n) is 2.44. The molecular weight excluding hydrogens is 142 g/mol. The van der Waals surface area contributed by atoms with Crippen LogP contribution in [0.25, 0.3) is 0 Å². The fraction of sp³-hybridized carbons (Fsp3) is 0.333. The molecule has 2 aliphatic heterocycles. The van der Waals surface area contributed by atoms with E-state index in [1.54, 1.807) is 10.9 Å². The normalized spacial score (nSPS) is 27.5. The number of hydrogen-bond acceptors (Lipinski definition) is 4. The zero-order valence-electron chi connectivity index (χ0n) is 6.10.